The molecule has 0 saturated carbocycles. The Bertz CT molecular complexity index is 564. The first-order valence-electron chi connectivity index (χ1n) is 6.99. The zero-order valence-corrected chi connectivity index (χ0v) is 12.4. The molecule has 106 valence electrons. The lowest BCUT2D eigenvalue weighted by atomic mass is 9.99. The Morgan fingerprint density at radius 1 is 1.40 bits per heavy atom. The minimum atomic E-state index is 0.689. The Balaban J connectivity index is 1.54. The van der Waals surface area contributed by atoms with E-state index < -0.39 is 0 Å². The van der Waals surface area contributed by atoms with E-state index in [0.29, 0.717) is 10.9 Å². The van der Waals surface area contributed by atoms with Crippen LogP contribution in [0.5, 0.6) is 0 Å². The Kier molecular flexibility index (Phi) is 4.03. The number of rotatable bonds is 4. The highest BCUT2D eigenvalue weighted by atomic mass is 35.5. The van der Waals surface area contributed by atoms with Crippen molar-refractivity contribution in [1.29, 1.82) is 0 Å². The first-order chi connectivity index (χ1) is 9.70. The molecular formula is C15H19ClN4. The first-order valence-corrected chi connectivity index (χ1v) is 7.37. The highest BCUT2D eigenvalue weighted by Crippen LogP contribution is 2.20. The number of hydrogen-bond donors (Lipinski definition) is 0. The monoisotopic (exact) mass is 290 g/mol. The second-order valence-electron chi connectivity index (χ2n) is 5.57. The maximum absolute atomic E-state index is 5.86. The highest BCUT2D eigenvalue weighted by Gasteiger charge is 2.20. The zero-order valence-electron chi connectivity index (χ0n) is 11.7. The van der Waals surface area contributed by atoms with Gasteiger partial charge in [-0.1, -0.05) is 11.6 Å². The van der Waals surface area contributed by atoms with Crippen LogP contribution in [0.2, 0.25) is 5.02 Å². The van der Waals surface area contributed by atoms with Crippen LogP contribution in [-0.2, 0) is 19.5 Å². The van der Waals surface area contributed by atoms with Crippen molar-refractivity contribution < 1.29 is 0 Å². The maximum atomic E-state index is 5.86. The van der Waals surface area contributed by atoms with Crippen LogP contribution in [0.15, 0.2) is 30.7 Å². The summed E-state index contributed by atoms with van der Waals surface area (Å²) in [6.45, 7) is 3.03. The summed E-state index contributed by atoms with van der Waals surface area (Å²) in [6.07, 6.45) is 8.00. The average molecular weight is 291 g/mol. The minimum Gasteiger partial charge on any atom is -0.335 e. The van der Waals surface area contributed by atoms with E-state index in [1.54, 1.807) is 6.20 Å². The predicted molar refractivity (Wildman–Crippen MR) is 79.6 cm³/mol. The molecule has 0 bridgehead atoms. The van der Waals surface area contributed by atoms with Crippen molar-refractivity contribution in [2.75, 3.05) is 13.6 Å². The Morgan fingerprint density at radius 2 is 2.30 bits per heavy atom. The van der Waals surface area contributed by atoms with Crippen molar-refractivity contribution in [3.63, 3.8) is 0 Å². The zero-order chi connectivity index (χ0) is 13.9. The van der Waals surface area contributed by atoms with Gasteiger partial charge >= 0.3 is 0 Å². The van der Waals surface area contributed by atoms with E-state index in [0.717, 1.165) is 31.7 Å². The molecule has 0 radical (unpaired) electrons. The number of pyridine rings is 1. The molecule has 1 aliphatic heterocycles. The molecule has 0 aliphatic carbocycles. The molecule has 0 amide bonds. The standard InChI is InChI=1S/C15H19ClN4/c1-19(11-14-4-3-13(16)8-18-14)9-12-2-5-15-17-6-7-20(15)10-12/h3-4,6-8,12H,2,5,9-11H2,1H3/t12-/m0/s1. The largest absolute Gasteiger partial charge is 0.335 e. The number of fused-ring (bicyclic) bond motifs is 1. The van der Waals surface area contributed by atoms with Crippen LogP contribution in [-0.4, -0.2) is 33.0 Å². The van der Waals surface area contributed by atoms with Gasteiger partial charge in [-0.05, 0) is 31.5 Å². The summed E-state index contributed by atoms with van der Waals surface area (Å²) < 4.78 is 2.28. The second-order valence-corrected chi connectivity index (χ2v) is 6.00. The number of nitrogens with zero attached hydrogens (tertiary/aromatic N) is 4. The van der Waals surface area contributed by atoms with Gasteiger partial charge < -0.3 is 9.47 Å². The molecule has 20 heavy (non-hydrogen) atoms. The van der Waals surface area contributed by atoms with Crippen molar-refractivity contribution in [2.45, 2.75) is 25.9 Å². The van der Waals surface area contributed by atoms with Crippen LogP contribution >= 0.6 is 11.6 Å². The Labute approximate surface area is 124 Å². The SMILES string of the molecule is CN(Cc1ccc(Cl)cn1)C[C@@H]1CCc2nccn2C1. The highest BCUT2D eigenvalue weighted by molar-refractivity contribution is 6.30. The lowest BCUT2D eigenvalue weighted by Crippen LogP contribution is -2.31. The third kappa shape index (κ3) is 3.19. The van der Waals surface area contributed by atoms with E-state index in [1.807, 2.05) is 18.3 Å². The van der Waals surface area contributed by atoms with Gasteiger partial charge in [0.2, 0.25) is 0 Å². The molecule has 1 atom stereocenters. The number of imidazole rings is 1. The summed E-state index contributed by atoms with van der Waals surface area (Å²) in [5.74, 6) is 1.91. The maximum Gasteiger partial charge on any atom is 0.108 e. The predicted octanol–water partition coefficient (Wildman–Crippen LogP) is 2.63. The number of halogens is 1. The van der Waals surface area contributed by atoms with Crippen molar-refractivity contribution in [3.8, 4) is 0 Å². The number of aryl methyl sites for hydroxylation is 1. The van der Waals surface area contributed by atoms with E-state index in [1.165, 1.54) is 12.2 Å². The topological polar surface area (TPSA) is 34.0 Å². The Hall–Kier alpha value is -1.39. The fraction of sp³-hybridized carbons (Fsp3) is 0.467. The molecule has 3 rings (SSSR count). The van der Waals surface area contributed by atoms with Crippen LogP contribution in [0.3, 0.4) is 0 Å². The molecular weight excluding hydrogens is 272 g/mol. The summed E-state index contributed by atoms with van der Waals surface area (Å²) >= 11 is 5.86. The van der Waals surface area contributed by atoms with Gasteiger partial charge in [-0.15, -0.1) is 0 Å². The molecule has 0 saturated heterocycles. The molecule has 0 unspecified atom stereocenters. The van der Waals surface area contributed by atoms with Crippen LogP contribution in [0.1, 0.15) is 17.9 Å². The lowest BCUT2D eigenvalue weighted by molar-refractivity contribution is 0.227. The molecule has 0 aromatic carbocycles. The molecule has 0 N–H and O–H groups in total. The fourth-order valence-corrected chi connectivity index (χ4v) is 2.98. The molecule has 0 fully saturated rings. The van der Waals surface area contributed by atoms with E-state index in [9.17, 15) is 0 Å². The molecule has 2 aromatic rings. The van der Waals surface area contributed by atoms with E-state index in [-0.39, 0.29) is 0 Å². The summed E-state index contributed by atoms with van der Waals surface area (Å²) in [5.41, 5.74) is 1.07. The van der Waals surface area contributed by atoms with Crippen LogP contribution in [0.4, 0.5) is 0 Å². The van der Waals surface area contributed by atoms with E-state index in [4.69, 9.17) is 11.6 Å². The first kappa shape index (κ1) is 13.6. The minimum absolute atomic E-state index is 0.689. The van der Waals surface area contributed by atoms with Crippen LogP contribution in [0, 0.1) is 5.92 Å². The van der Waals surface area contributed by atoms with Gasteiger partial charge in [-0.25, -0.2) is 4.98 Å². The van der Waals surface area contributed by atoms with Crippen molar-refractivity contribution in [1.82, 2.24) is 19.4 Å². The molecule has 2 aromatic heterocycles. The molecule has 5 heteroatoms. The van der Waals surface area contributed by atoms with Crippen molar-refractivity contribution >= 4 is 11.6 Å². The summed E-state index contributed by atoms with van der Waals surface area (Å²) in [6, 6.07) is 3.89. The molecule has 4 nitrogen and oxygen atoms in total. The van der Waals surface area contributed by atoms with Gasteiger partial charge in [0.15, 0.2) is 0 Å². The van der Waals surface area contributed by atoms with Crippen molar-refractivity contribution in [2.24, 2.45) is 5.92 Å². The van der Waals surface area contributed by atoms with Crippen LogP contribution in [0.25, 0.3) is 0 Å². The fourth-order valence-electron chi connectivity index (χ4n) is 2.87. The van der Waals surface area contributed by atoms with Gasteiger partial charge in [-0.2, -0.15) is 0 Å². The Morgan fingerprint density at radius 3 is 3.10 bits per heavy atom. The van der Waals surface area contributed by atoms with Gasteiger partial charge in [0.25, 0.3) is 0 Å². The van der Waals surface area contributed by atoms with E-state index >= 15 is 0 Å². The average Bonchev–Trinajstić information content (AvgIpc) is 2.89. The van der Waals surface area contributed by atoms with Crippen LogP contribution < -0.4 is 0 Å². The van der Waals surface area contributed by atoms with E-state index in [2.05, 4.69) is 32.7 Å². The number of hydrogen-bond acceptors (Lipinski definition) is 3. The quantitative estimate of drug-likeness (QED) is 0.868. The van der Waals surface area contributed by atoms with Gasteiger partial charge in [0, 0.05) is 44.6 Å². The van der Waals surface area contributed by atoms with Gasteiger partial charge in [0.1, 0.15) is 5.82 Å². The summed E-state index contributed by atoms with van der Waals surface area (Å²) in [5, 5.41) is 0.691. The summed E-state index contributed by atoms with van der Waals surface area (Å²) in [7, 11) is 2.15. The smallest absolute Gasteiger partial charge is 0.108 e. The third-order valence-corrected chi connectivity index (χ3v) is 4.05. The lowest BCUT2D eigenvalue weighted by Gasteiger charge is -2.28. The van der Waals surface area contributed by atoms with Gasteiger partial charge in [0.05, 0.1) is 10.7 Å². The third-order valence-electron chi connectivity index (χ3n) is 3.82. The number of aromatic nitrogens is 3. The normalized spacial score (nSPS) is 18.2. The van der Waals surface area contributed by atoms with Gasteiger partial charge in [-0.3, -0.25) is 4.98 Å². The van der Waals surface area contributed by atoms with Crippen molar-refractivity contribution in [3.05, 3.63) is 47.3 Å². The molecule has 3 heterocycles. The molecule has 1 aliphatic rings. The molecule has 0 spiro atoms. The second kappa shape index (κ2) is 5.94. The summed E-state index contributed by atoms with van der Waals surface area (Å²) in [4.78, 5) is 11.1.